The zero-order valence-electron chi connectivity index (χ0n) is 45.2. The number of halogens is 3. The minimum Gasteiger partial charge on any atom is -0.370 e. The van der Waals surface area contributed by atoms with Gasteiger partial charge >= 0.3 is 0 Å². The highest BCUT2D eigenvalue weighted by atomic mass is 79.9. The van der Waals surface area contributed by atoms with Gasteiger partial charge in [-0.3, -0.25) is 4.79 Å². The van der Waals surface area contributed by atoms with Gasteiger partial charge < -0.3 is 9.80 Å². The summed E-state index contributed by atoms with van der Waals surface area (Å²) in [6.45, 7) is 26.3. The van der Waals surface area contributed by atoms with E-state index in [1.165, 1.54) is 82.5 Å². The molecule has 0 saturated carbocycles. The number of rotatable bonds is 5. The summed E-state index contributed by atoms with van der Waals surface area (Å²) in [4.78, 5) is 34.7. The summed E-state index contributed by atoms with van der Waals surface area (Å²) in [5.41, 5.74) is 0.153. The molecule has 0 aromatic carbocycles. The molecular formula is C57H53Br3N4OS10Si4. The van der Waals surface area contributed by atoms with Crippen LogP contribution in [-0.2, 0) is 0 Å². The molecule has 79 heavy (non-hydrogen) atoms. The van der Waals surface area contributed by atoms with Crippen molar-refractivity contribution in [2.75, 3.05) is 38.0 Å². The average molecular weight is 1480 g/mol. The summed E-state index contributed by atoms with van der Waals surface area (Å²) in [6.07, 6.45) is 2.69. The number of carbonyl (C=O) groups excluding carboxylic acids is 1. The second kappa shape index (κ2) is 23.0. The first-order valence-electron chi connectivity index (χ1n) is 24.8. The van der Waals surface area contributed by atoms with Gasteiger partial charge in [-0.15, -0.1) is 113 Å². The van der Waals surface area contributed by atoms with Crippen LogP contribution in [0, 0.1) is 17.9 Å². The molecule has 0 radical (unpaired) electrons. The van der Waals surface area contributed by atoms with Crippen molar-refractivity contribution in [2.45, 2.75) is 52.4 Å². The van der Waals surface area contributed by atoms with Crippen LogP contribution in [0.4, 0.5) is 10.0 Å². The van der Waals surface area contributed by atoms with Gasteiger partial charge in [0, 0.05) is 81.0 Å². The number of carbonyl (C=O) groups is 1. The van der Waals surface area contributed by atoms with Gasteiger partial charge in [-0.05, 0) is 165 Å². The van der Waals surface area contributed by atoms with E-state index in [0.29, 0.717) is 0 Å². The lowest BCUT2D eigenvalue weighted by Crippen LogP contribution is -2.48. The first-order valence-corrected chi connectivity index (χ1v) is 47.7. The zero-order chi connectivity index (χ0) is 56.7. The van der Waals surface area contributed by atoms with Crippen LogP contribution in [0.25, 0.3) is 59.7 Å². The number of anilines is 2. The van der Waals surface area contributed by atoms with E-state index in [-0.39, 0.29) is 5.70 Å². The van der Waals surface area contributed by atoms with Crippen molar-refractivity contribution in [1.29, 1.82) is 5.26 Å². The summed E-state index contributed by atoms with van der Waals surface area (Å²) in [5.74, 6) is 0. The molecule has 0 aliphatic carbocycles. The lowest BCUT2D eigenvalue weighted by atomic mass is 10.3. The van der Waals surface area contributed by atoms with E-state index in [0.717, 1.165) is 16.0 Å². The van der Waals surface area contributed by atoms with Crippen LogP contribution in [0.15, 0.2) is 106 Å². The molecule has 4 aliphatic rings. The summed E-state index contributed by atoms with van der Waals surface area (Å²) in [6, 6.07) is 24.4. The molecule has 404 valence electrons. The highest BCUT2D eigenvalue weighted by Crippen LogP contribution is 2.45. The second-order valence-electron chi connectivity index (χ2n) is 21.6. The molecule has 4 aliphatic heterocycles. The second-order valence-corrected chi connectivity index (χ2v) is 51.8. The third-order valence-electron chi connectivity index (χ3n) is 14.8. The number of fused-ring (bicyclic) bond motifs is 12. The van der Waals surface area contributed by atoms with Crippen LogP contribution in [0.3, 0.4) is 0 Å². The van der Waals surface area contributed by atoms with Gasteiger partial charge in [0.2, 0.25) is 0 Å². The van der Waals surface area contributed by atoms with E-state index >= 15 is 0 Å². The number of hydrogen-bond donors (Lipinski definition) is 0. The van der Waals surface area contributed by atoms with Crippen LogP contribution in [-0.4, -0.2) is 66.8 Å². The van der Waals surface area contributed by atoms with Crippen molar-refractivity contribution >= 4 is 257 Å². The molecule has 22 heteroatoms. The lowest BCUT2D eigenvalue weighted by Gasteiger charge is -2.16. The van der Waals surface area contributed by atoms with E-state index in [2.05, 4.69) is 231 Å². The molecule has 10 aromatic heterocycles. The highest BCUT2D eigenvalue weighted by Gasteiger charge is 2.44. The standard InChI is InChI=1S/C16H15N3S2Si.C13H15NOS2Si.C10H9BrS2Si.C10H10S2Si.C8H4Br2S2/c1-18-10(9-17)6-11-7-12-15(20-11)16-13(22(12,4)5)8-14(21-16)19(2)3;1-14(2)11-6-10-13(17-11)12-9(18(10,3)4)5-8(7-15)16-12;1-14(2)6-3-4-12-9(6)10-7(14)5-8(11)13-10;1-13(2)7-3-5-11-9(7)10-8(13)4-6-12-10;9-5-1-3-11-7(5)8-6(10)2-4-12-8/h6-8H,2-5H3;5-7H,1-4H3;3-5H,1-2H3;3-6H,1-2H3;1-4H/b10-6-;;;;. The van der Waals surface area contributed by atoms with E-state index < -0.39 is 32.3 Å². The van der Waals surface area contributed by atoms with Crippen LogP contribution in [0.5, 0.6) is 0 Å². The fourth-order valence-corrected chi connectivity index (χ4v) is 42.3. The van der Waals surface area contributed by atoms with Crippen molar-refractivity contribution in [2.24, 2.45) is 0 Å². The van der Waals surface area contributed by atoms with Crippen molar-refractivity contribution in [3.8, 4) is 54.8 Å². The van der Waals surface area contributed by atoms with Crippen LogP contribution >= 0.6 is 161 Å². The average Bonchev–Trinajstić information content (AvgIpc) is 4.15. The molecule has 0 unspecified atom stereocenters. The molecule has 0 N–H and O–H groups in total. The number of nitriles is 1. The molecule has 14 rings (SSSR count). The number of hydrogen-bond acceptors (Lipinski definition) is 14. The maximum Gasteiger partial charge on any atom is 0.263 e. The van der Waals surface area contributed by atoms with Gasteiger partial charge in [-0.1, -0.05) is 70.6 Å². The molecule has 0 spiro atoms. The van der Waals surface area contributed by atoms with Gasteiger partial charge in [0.25, 0.3) is 5.70 Å². The van der Waals surface area contributed by atoms with Crippen LogP contribution < -0.4 is 51.3 Å². The van der Waals surface area contributed by atoms with Crippen molar-refractivity contribution in [3.05, 3.63) is 127 Å². The topological polar surface area (TPSA) is 51.7 Å². The van der Waals surface area contributed by atoms with Crippen LogP contribution in [0.1, 0.15) is 14.5 Å². The monoisotopic (exact) mass is 1480 g/mol. The molecule has 0 fully saturated rings. The third kappa shape index (κ3) is 10.8. The highest BCUT2D eigenvalue weighted by molar-refractivity contribution is 9.11. The van der Waals surface area contributed by atoms with E-state index in [4.69, 9.17) is 11.8 Å². The molecule has 14 heterocycles. The molecule has 0 amide bonds. The zero-order valence-corrected chi connectivity index (χ0v) is 62.2. The Morgan fingerprint density at radius 2 is 0.823 bits per heavy atom. The first-order chi connectivity index (χ1) is 37.4. The Morgan fingerprint density at radius 1 is 0.481 bits per heavy atom. The lowest BCUT2D eigenvalue weighted by molar-refractivity contribution is 0.112. The van der Waals surface area contributed by atoms with Gasteiger partial charge in [-0.25, -0.2) is 10.1 Å². The smallest absolute Gasteiger partial charge is 0.263 e. The van der Waals surface area contributed by atoms with Gasteiger partial charge in [0.15, 0.2) is 6.29 Å². The minimum absolute atomic E-state index is 0.153. The van der Waals surface area contributed by atoms with E-state index in [1.807, 2.05) is 74.1 Å². The summed E-state index contributed by atoms with van der Waals surface area (Å²) >= 11 is 28.8. The van der Waals surface area contributed by atoms with E-state index in [9.17, 15) is 4.79 Å². The summed E-state index contributed by atoms with van der Waals surface area (Å²) in [5, 5.41) is 34.9. The molecule has 0 atom stereocenters. The van der Waals surface area contributed by atoms with Crippen LogP contribution in [0.2, 0.25) is 52.4 Å². The summed E-state index contributed by atoms with van der Waals surface area (Å²) < 4.78 is 3.63. The quantitative estimate of drug-likeness (QED) is 0.0746. The van der Waals surface area contributed by atoms with Crippen molar-refractivity contribution in [1.82, 2.24) is 0 Å². The summed E-state index contributed by atoms with van der Waals surface area (Å²) in [7, 11) is 2.53. The third-order valence-corrected chi connectivity index (χ3v) is 43.9. The van der Waals surface area contributed by atoms with Gasteiger partial charge in [-0.2, -0.15) is 0 Å². The Bertz CT molecular complexity index is 3980. The molecular weight excluding hydrogens is 1430 g/mol. The van der Waals surface area contributed by atoms with Gasteiger partial charge in [0.1, 0.15) is 32.3 Å². The van der Waals surface area contributed by atoms with Crippen molar-refractivity contribution < 1.29 is 4.79 Å². The Balaban J connectivity index is 0.000000113. The fourth-order valence-electron chi connectivity index (χ4n) is 10.3. The maximum absolute atomic E-state index is 11.0. The SMILES string of the molecule is Brc1ccsc1-c1sccc1Br.CN(C)c1cc2c(s1)-c1sc(C=O)cc1[Si]2(C)C.C[Si]1(C)c2ccsc2-c2sc(Br)cc21.C[Si]1(C)c2ccsc2-c2sccc21.[C-]#[N+]/C(C#N)=C\c1cc2c(s1)-c1sc(N(C)C)cc1[Si]2(C)C. The van der Waals surface area contributed by atoms with Crippen molar-refractivity contribution in [3.63, 3.8) is 0 Å². The van der Waals surface area contributed by atoms with Gasteiger partial charge in [0.05, 0.1) is 41.1 Å². The Labute approximate surface area is 533 Å². The fraction of sp³-hybridized carbons (Fsp3) is 0.211. The number of thiophene rings is 10. The molecule has 0 saturated heterocycles. The molecule has 0 bridgehead atoms. The number of aldehydes is 1. The minimum atomic E-state index is -1.65. The van der Waals surface area contributed by atoms with E-state index in [1.54, 1.807) is 81.9 Å². The first kappa shape index (κ1) is 59.5. The maximum atomic E-state index is 11.0. The number of nitrogens with zero attached hydrogens (tertiary/aromatic N) is 4. The number of allylic oxidation sites excluding steroid dienone is 1. The Morgan fingerprint density at radius 3 is 1.23 bits per heavy atom. The molecule has 5 nitrogen and oxygen atoms in total. The predicted octanol–water partition coefficient (Wildman–Crippen LogP) is 16.9. The predicted molar refractivity (Wildman–Crippen MR) is 382 cm³/mol. The Hall–Kier alpha value is -2.70. The normalized spacial score (nSPS) is 15.0. The molecule has 10 aromatic rings. The largest absolute Gasteiger partial charge is 0.370 e. The Kier molecular flexibility index (Phi) is 17.3.